The summed E-state index contributed by atoms with van der Waals surface area (Å²) in [6.45, 7) is 7.56. The molecule has 4 rings (SSSR count). The number of carbonyl (C=O) groups is 1. The maximum atomic E-state index is 14.9. The summed E-state index contributed by atoms with van der Waals surface area (Å²) in [5.74, 6) is 0.789. The summed E-state index contributed by atoms with van der Waals surface area (Å²) in [7, 11) is 1.63. The maximum absolute atomic E-state index is 14.9. The Balaban J connectivity index is 1.45. The van der Waals surface area contributed by atoms with Gasteiger partial charge in [0.25, 0.3) is 5.91 Å². The third kappa shape index (κ3) is 7.89. The van der Waals surface area contributed by atoms with Crippen molar-refractivity contribution in [3.8, 4) is 5.75 Å². The van der Waals surface area contributed by atoms with Gasteiger partial charge in [0, 0.05) is 30.4 Å². The maximum Gasteiger partial charge on any atom is 0.251 e. The Morgan fingerprint density at radius 1 is 1.05 bits per heavy atom. The number of nitrogens with zero attached hydrogens (tertiary/aromatic N) is 2. The van der Waals surface area contributed by atoms with E-state index < -0.39 is 5.82 Å². The van der Waals surface area contributed by atoms with Gasteiger partial charge < -0.3 is 25.4 Å². The van der Waals surface area contributed by atoms with E-state index in [1.54, 1.807) is 19.2 Å². The predicted molar refractivity (Wildman–Crippen MR) is 151 cm³/mol. The van der Waals surface area contributed by atoms with Crippen LogP contribution in [0.4, 0.5) is 21.8 Å². The molecule has 3 N–H and O–H groups in total. The van der Waals surface area contributed by atoms with Gasteiger partial charge in [-0.05, 0) is 67.0 Å². The van der Waals surface area contributed by atoms with E-state index in [2.05, 4.69) is 46.7 Å². The molecule has 1 aliphatic rings. The zero-order valence-corrected chi connectivity index (χ0v) is 23.0. The van der Waals surface area contributed by atoms with E-state index in [1.165, 1.54) is 6.20 Å². The summed E-state index contributed by atoms with van der Waals surface area (Å²) in [5, 5.41) is 9.66. The lowest BCUT2D eigenvalue weighted by Crippen LogP contribution is -2.49. The molecule has 1 heterocycles. The molecule has 0 saturated heterocycles. The van der Waals surface area contributed by atoms with Crippen molar-refractivity contribution in [2.75, 3.05) is 31.0 Å². The van der Waals surface area contributed by atoms with Gasteiger partial charge in [-0.25, -0.2) is 9.37 Å². The van der Waals surface area contributed by atoms with Crippen molar-refractivity contribution < 1.29 is 18.7 Å². The zero-order valence-electron chi connectivity index (χ0n) is 23.0. The van der Waals surface area contributed by atoms with E-state index in [4.69, 9.17) is 9.47 Å². The summed E-state index contributed by atoms with van der Waals surface area (Å²) in [6, 6.07) is 16.4. The first kappa shape index (κ1) is 28.3. The van der Waals surface area contributed by atoms with Crippen molar-refractivity contribution in [1.82, 2.24) is 15.3 Å². The SMILES string of the molecule is COCCOc1ccc(Nc2ncc(F)c(N[C@@H]3C[C@H](NC(=O)c4ccccc4)CCC3C(C)(C)C)n2)cc1. The standard InChI is InChI=1S/C30H38FN5O3/c1-30(2,3)24-15-12-22(33-28(37)20-8-6-5-7-9-20)18-26(24)35-27-25(31)19-32-29(36-27)34-21-10-13-23(14-11-21)39-17-16-38-4/h5-11,13-14,19,22,24,26H,12,15-18H2,1-4H3,(H,33,37)(H2,32,34,35,36)/t22-,24?,26-/m1/s1. The first-order valence-corrected chi connectivity index (χ1v) is 13.4. The summed E-state index contributed by atoms with van der Waals surface area (Å²) in [6.07, 6.45) is 3.60. The van der Waals surface area contributed by atoms with Gasteiger partial charge in [0.15, 0.2) is 11.6 Å². The summed E-state index contributed by atoms with van der Waals surface area (Å²) >= 11 is 0. The molecule has 1 amide bonds. The fraction of sp³-hybridized carbons (Fsp3) is 0.433. The van der Waals surface area contributed by atoms with Gasteiger partial charge >= 0.3 is 0 Å². The largest absolute Gasteiger partial charge is 0.491 e. The number of carbonyl (C=O) groups excluding carboxylic acids is 1. The Morgan fingerprint density at radius 2 is 1.79 bits per heavy atom. The first-order valence-electron chi connectivity index (χ1n) is 13.4. The number of rotatable bonds is 10. The van der Waals surface area contributed by atoms with Crippen LogP contribution in [0.25, 0.3) is 0 Å². The van der Waals surface area contributed by atoms with E-state index in [0.29, 0.717) is 25.2 Å². The van der Waals surface area contributed by atoms with E-state index in [0.717, 1.165) is 24.3 Å². The Bertz CT molecular complexity index is 1220. The van der Waals surface area contributed by atoms with Crippen LogP contribution in [-0.2, 0) is 4.74 Å². The molecule has 0 bridgehead atoms. The number of halogens is 1. The molecular weight excluding hydrogens is 497 g/mol. The van der Waals surface area contributed by atoms with Crippen LogP contribution in [0, 0.1) is 17.2 Å². The average molecular weight is 536 g/mol. The fourth-order valence-electron chi connectivity index (χ4n) is 5.07. The zero-order chi connectivity index (χ0) is 27.8. The second-order valence-corrected chi connectivity index (χ2v) is 11.0. The van der Waals surface area contributed by atoms with Gasteiger partial charge in [-0.15, -0.1) is 0 Å². The molecule has 2 aromatic carbocycles. The Hall–Kier alpha value is -3.72. The number of methoxy groups -OCH3 is 1. The third-order valence-electron chi connectivity index (χ3n) is 7.07. The highest BCUT2D eigenvalue weighted by molar-refractivity contribution is 5.94. The fourth-order valence-corrected chi connectivity index (χ4v) is 5.07. The Labute approximate surface area is 229 Å². The van der Waals surface area contributed by atoms with Crippen molar-refractivity contribution in [1.29, 1.82) is 0 Å². The number of amides is 1. The number of anilines is 3. The molecule has 0 spiro atoms. The normalized spacial score (nSPS) is 19.3. The van der Waals surface area contributed by atoms with Crippen LogP contribution in [0.1, 0.15) is 50.4 Å². The molecule has 0 aliphatic heterocycles. The Morgan fingerprint density at radius 3 is 2.49 bits per heavy atom. The molecule has 1 unspecified atom stereocenters. The molecular formula is C30H38FN5O3. The van der Waals surface area contributed by atoms with Crippen molar-refractivity contribution in [3.05, 3.63) is 72.2 Å². The molecule has 1 fully saturated rings. The van der Waals surface area contributed by atoms with Crippen LogP contribution in [0.5, 0.6) is 5.75 Å². The van der Waals surface area contributed by atoms with Crippen LogP contribution in [0.15, 0.2) is 60.8 Å². The highest BCUT2D eigenvalue weighted by Gasteiger charge is 2.38. The minimum absolute atomic E-state index is 0.0102. The molecule has 0 radical (unpaired) electrons. The second kappa shape index (κ2) is 12.9. The number of nitrogens with one attached hydrogen (secondary N) is 3. The van der Waals surface area contributed by atoms with Crippen molar-refractivity contribution in [3.63, 3.8) is 0 Å². The van der Waals surface area contributed by atoms with Crippen molar-refractivity contribution >= 4 is 23.4 Å². The highest BCUT2D eigenvalue weighted by atomic mass is 19.1. The van der Waals surface area contributed by atoms with E-state index >= 15 is 0 Å². The number of benzene rings is 2. The van der Waals surface area contributed by atoms with Crippen LogP contribution in [0.3, 0.4) is 0 Å². The minimum Gasteiger partial charge on any atom is -0.491 e. The van der Waals surface area contributed by atoms with Gasteiger partial charge in [0.05, 0.1) is 12.8 Å². The molecule has 39 heavy (non-hydrogen) atoms. The number of aromatic nitrogens is 2. The predicted octanol–water partition coefficient (Wildman–Crippen LogP) is 5.81. The molecule has 3 aromatic rings. The van der Waals surface area contributed by atoms with Gasteiger partial charge in [-0.2, -0.15) is 4.98 Å². The topological polar surface area (TPSA) is 97.4 Å². The number of hydrogen-bond donors (Lipinski definition) is 3. The van der Waals surface area contributed by atoms with E-state index in [1.807, 2.05) is 42.5 Å². The molecule has 3 atom stereocenters. The molecule has 8 nitrogen and oxygen atoms in total. The van der Waals surface area contributed by atoms with Gasteiger partial charge in [0.2, 0.25) is 5.95 Å². The van der Waals surface area contributed by atoms with E-state index in [-0.39, 0.29) is 41.1 Å². The molecule has 9 heteroatoms. The molecule has 1 aliphatic carbocycles. The van der Waals surface area contributed by atoms with Crippen molar-refractivity contribution in [2.24, 2.45) is 11.3 Å². The summed E-state index contributed by atoms with van der Waals surface area (Å²) in [4.78, 5) is 21.4. The quantitative estimate of drug-likeness (QED) is 0.282. The summed E-state index contributed by atoms with van der Waals surface area (Å²) in [5.41, 5.74) is 1.37. The van der Waals surface area contributed by atoms with Crippen LogP contribution in [0.2, 0.25) is 0 Å². The Kier molecular flexibility index (Phi) is 9.35. The van der Waals surface area contributed by atoms with E-state index in [9.17, 15) is 9.18 Å². The lowest BCUT2D eigenvalue weighted by molar-refractivity contribution is 0.0893. The monoisotopic (exact) mass is 535 g/mol. The van der Waals surface area contributed by atoms with Crippen molar-refractivity contribution in [2.45, 2.75) is 52.1 Å². The van der Waals surface area contributed by atoms with Gasteiger partial charge in [0.1, 0.15) is 12.4 Å². The van der Waals surface area contributed by atoms with Crippen LogP contribution >= 0.6 is 0 Å². The third-order valence-corrected chi connectivity index (χ3v) is 7.07. The van der Waals surface area contributed by atoms with Gasteiger partial charge in [-0.1, -0.05) is 39.0 Å². The minimum atomic E-state index is -0.523. The second-order valence-electron chi connectivity index (χ2n) is 11.0. The lowest BCUT2D eigenvalue weighted by Gasteiger charge is -2.43. The highest BCUT2D eigenvalue weighted by Crippen LogP contribution is 2.39. The molecule has 1 aromatic heterocycles. The first-order chi connectivity index (χ1) is 18.7. The molecule has 1 saturated carbocycles. The lowest BCUT2D eigenvalue weighted by atomic mass is 9.68. The van der Waals surface area contributed by atoms with Crippen LogP contribution < -0.4 is 20.7 Å². The summed E-state index contributed by atoms with van der Waals surface area (Å²) < 4.78 is 25.5. The van der Waals surface area contributed by atoms with Gasteiger partial charge in [-0.3, -0.25) is 4.79 Å². The molecule has 208 valence electrons. The number of ether oxygens (including phenoxy) is 2. The number of hydrogen-bond acceptors (Lipinski definition) is 7. The smallest absolute Gasteiger partial charge is 0.251 e. The average Bonchev–Trinajstić information content (AvgIpc) is 2.91. The van der Waals surface area contributed by atoms with Crippen LogP contribution in [-0.4, -0.2) is 48.3 Å².